The minimum absolute atomic E-state index is 0.113. The summed E-state index contributed by atoms with van der Waals surface area (Å²) in [5.41, 5.74) is 4.27. The van der Waals surface area contributed by atoms with E-state index in [4.69, 9.17) is 14.3 Å². The summed E-state index contributed by atoms with van der Waals surface area (Å²) in [7, 11) is 1.67. The van der Waals surface area contributed by atoms with Crippen LogP contribution in [0.15, 0.2) is 65.1 Å². The van der Waals surface area contributed by atoms with Crippen LogP contribution in [0.3, 0.4) is 0 Å². The molecule has 188 valence electrons. The summed E-state index contributed by atoms with van der Waals surface area (Å²) in [6.07, 6.45) is 2.23. The Balaban J connectivity index is 1.53. The molecule has 0 bridgehead atoms. The molecule has 1 aliphatic carbocycles. The third kappa shape index (κ3) is 4.40. The summed E-state index contributed by atoms with van der Waals surface area (Å²) in [6.45, 7) is 1.23. The van der Waals surface area contributed by atoms with E-state index >= 15 is 0 Å². The number of rotatable bonds is 9. The zero-order valence-corrected chi connectivity index (χ0v) is 20.3. The maximum atomic E-state index is 11.4. The van der Waals surface area contributed by atoms with E-state index in [9.17, 15) is 9.90 Å². The monoisotopic (exact) mass is 489 g/mol. The number of nitrogens with zero attached hydrogens (tertiary/aromatic N) is 1. The molecule has 0 saturated heterocycles. The predicted molar refractivity (Wildman–Crippen MR) is 138 cm³/mol. The smallest absolute Gasteiger partial charge is 0.405 e. The highest BCUT2D eigenvalue weighted by atomic mass is 16.5. The highest BCUT2D eigenvalue weighted by Gasteiger charge is 2.40. The second-order valence-electron chi connectivity index (χ2n) is 9.20. The molecule has 1 aliphatic heterocycles. The highest BCUT2D eigenvalue weighted by molar-refractivity contribution is 5.97. The molecular formula is C28H31N3O5. The Labute approximate surface area is 210 Å². The summed E-state index contributed by atoms with van der Waals surface area (Å²) < 4.78 is 12.1. The molecule has 8 nitrogen and oxygen atoms in total. The Morgan fingerprint density at radius 1 is 1.14 bits per heavy atom. The lowest BCUT2D eigenvalue weighted by atomic mass is 9.72. The molecule has 2 aliphatic rings. The van der Waals surface area contributed by atoms with Crippen LogP contribution in [0.4, 0.5) is 16.4 Å². The molecule has 1 fully saturated rings. The fourth-order valence-electron chi connectivity index (χ4n) is 5.08. The number of amides is 1. The SMILES string of the molecule is COC1=C(c2ccccc2)N(c2ccc(C3(NC(=O)O)CCC3)cc2)Cc2oc(NCCCO)cc21. The molecule has 8 heteroatoms. The first-order valence-electron chi connectivity index (χ1n) is 12.3. The number of methoxy groups -OCH3 is 1. The molecule has 0 atom stereocenters. The quantitative estimate of drug-likeness (QED) is 0.306. The first-order valence-corrected chi connectivity index (χ1v) is 12.3. The normalized spacial score (nSPS) is 16.2. The number of hydrogen-bond donors (Lipinski definition) is 4. The van der Waals surface area contributed by atoms with Gasteiger partial charge in [-0.3, -0.25) is 0 Å². The number of carbonyl (C=O) groups is 1. The standard InChI is InChI=1S/C28H31N3O5/c1-35-26-22-17-24(29-15-6-16-32)36-23(22)18-31(25(26)19-7-3-2-4-8-19)21-11-9-20(10-12-21)28(13-5-14-28)30-27(33)34/h2-4,7-12,17,29-30,32H,5-6,13-16,18H2,1H3,(H,33,34). The van der Waals surface area contributed by atoms with E-state index < -0.39 is 11.6 Å². The number of nitrogens with one attached hydrogen (secondary N) is 2. The predicted octanol–water partition coefficient (Wildman–Crippen LogP) is 5.21. The number of hydrogen-bond acceptors (Lipinski definition) is 6. The number of aliphatic hydroxyl groups is 1. The number of fused-ring (bicyclic) bond motifs is 1. The Hall–Kier alpha value is -3.91. The van der Waals surface area contributed by atoms with E-state index in [1.54, 1.807) is 7.11 Å². The van der Waals surface area contributed by atoms with Crippen molar-refractivity contribution in [1.82, 2.24) is 5.32 Å². The summed E-state index contributed by atoms with van der Waals surface area (Å²) in [5, 5.41) is 24.4. The Morgan fingerprint density at radius 2 is 1.89 bits per heavy atom. The minimum atomic E-state index is -0.998. The van der Waals surface area contributed by atoms with Crippen LogP contribution < -0.4 is 15.5 Å². The molecule has 36 heavy (non-hydrogen) atoms. The van der Waals surface area contributed by atoms with Crippen LogP contribution in [0.25, 0.3) is 11.5 Å². The van der Waals surface area contributed by atoms with Gasteiger partial charge in [0.25, 0.3) is 0 Å². The van der Waals surface area contributed by atoms with Crippen molar-refractivity contribution in [2.75, 3.05) is 30.5 Å². The molecule has 5 rings (SSSR count). The molecule has 1 amide bonds. The summed E-state index contributed by atoms with van der Waals surface area (Å²) in [5.74, 6) is 2.14. The molecule has 2 heterocycles. The average molecular weight is 490 g/mol. The van der Waals surface area contributed by atoms with E-state index in [2.05, 4.69) is 27.7 Å². The fraction of sp³-hybridized carbons (Fsp3) is 0.321. The van der Waals surface area contributed by atoms with Gasteiger partial charge < -0.3 is 34.9 Å². The summed E-state index contributed by atoms with van der Waals surface area (Å²) >= 11 is 0. The van der Waals surface area contributed by atoms with Gasteiger partial charge in [-0.15, -0.1) is 0 Å². The zero-order chi connectivity index (χ0) is 25.1. The second kappa shape index (κ2) is 9.99. The van der Waals surface area contributed by atoms with Crippen molar-refractivity contribution in [1.29, 1.82) is 0 Å². The fourth-order valence-corrected chi connectivity index (χ4v) is 5.08. The number of benzene rings is 2. The Morgan fingerprint density at radius 3 is 2.50 bits per heavy atom. The van der Waals surface area contributed by atoms with E-state index in [-0.39, 0.29) is 6.61 Å². The third-order valence-electron chi connectivity index (χ3n) is 7.01. The van der Waals surface area contributed by atoms with Gasteiger partial charge in [0.1, 0.15) is 5.76 Å². The van der Waals surface area contributed by atoms with Crippen molar-refractivity contribution in [2.24, 2.45) is 0 Å². The van der Waals surface area contributed by atoms with Crippen molar-refractivity contribution in [3.8, 4) is 0 Å². The molecule has 3 aromatic rings. The van der Waals surface area contributed by atoms with Crippen LogP contribution in [0.5, 0.6) is 0 Å². The molecule has 2 aromatic carbocycles. The van der Waals surface area contributed by atoms with E-state index in [0.29, 0.717) is 31.2 Å². The maximum absolute atomic E-state index is 11.4. The highest BCUT2D eigenvalue weighted by Crippen LogP contribution is 2.44. The molecule has 0 radical (unpaired) electrons. The van der Waals surface area contributed by atoms with Gasteiger partial charge in [-0.05, 0) is 43.4 Å². The van der Waals surface area contributed by atoms with Gasteiger partial charge in [0.2, 0.25) is 0 Å². The van der Waals surface area contributed by atoms with Crippen molar-refractivity contribution < 1.29 is 24.2 Å². The van der Waals surface area contributed by atoms with Gasteiger partial charge in [0.15, 0.2) is 11.6 Å². The van der Waals surface area contributed by atoms with Gasteiger partial charge in [0, 0.05) is 30.5 Å². The molecule has 1 saturated carbocycles. The van der Waals surface area contributed by atoms with Crippen LogP contribution in [0.2, 0.25) is 0 Å². The number of furan rings is 1. The van der Waals surface area contributed by atoms with Crippen LogP contribution >= 0.6 is 0 Å². The first kappa shape index (κ1) is 23.8. The maximum Gasteiger partial charge on any atom is 0.405 e. The lowest BCUT2D eigenvalue weighted by molar-refractivity contribution is 0.144. The van der Waals surface area contributed by atoms with Crippen LogP contribution in [0, 0.1) is 0 Å². The molecule has 0 unspecified atom stereocenters. The lowest BCUT2D eigenvalue weighted by Crippen LogP contribution is -2.50. The van der Waals surface area contributed by atoms with Crippen molar-refractivity contribution in [3.63, 3.8) is 0 Å². The number of carboxylic acid groups (broad SMARTS) is 1. The van der Waals surface area contributed by atoms with Crippen LogP contribution in [0.1, 0.15) is 48.1 Å². The van der Waals surface area contributed by atoms with Crippen LogP contribution in [-0.2, 0) is 16.8 Å². The molecular weight excluding hydrogens is 458 g/mol. The van der Waals surface area contributed by atoms with Gasteiger partial charge >= 0.3 is 6.09 Å². The van der Waals surface area contributed by atoms with Gasteiger partial charge in [-0.2, -0.15) is 0 Å². The topological polar surface area (TPSA) is 107 Å². The van der Waals surface area contributed by atoms with Crippen LogP contribution in [-0.4, -0.2) is 36.6 Å². The van der Waals surface area contributed by atoms with E-state index in [0.717, 1.165) is 53.1 Å². The minimum Gasteiger partial charge on any atom is -0.494 e. The first-order chi connectivity index (χ1) is 17.5. The van der Waals surface area contributed by atoms with Gasteiger partial charge in [0.05, 0.1) is 30.5 Å². The molecule has 1 aromatic heterocycles. The largest absolute Gasteiger partial charge is 0.494 e. The number of anilines is 2. The van der Waals surface area contributed by atoms with Crippen molar-refractivity contribution in [3.05, 3.63) is 83.1 Å². The van der Waals surface area contributed by atoms with Gasteiger partial charge in [-0.25, -0.2) is 4.79 Å². The second-order valence-corrected chi connectivity index (χ2v) is 9.20. The lowest BCUT2D eigenvalue weighted by Gasteiger charge is -2.42. The number of aliphatic hydroxyl groups excluding tert-OH is 1. The van der Waals surface area contributed by atoms with Gasteiger partial charge in [-0.1, -0.05) is 42.5 Å². The van der Waals surface area contributed by atoms with Crippen molar-refractivity contribution in [2.45, 2.75) is 37.8 Å². The molecule has 0 spiro atoms. The summed E-state index contributed by atoms with van der Waals surface area (Å²) in [4.78, 5) is 13.6. The van der Waals surface area contributed by atoms with E-state index in [1.165, 1.54) is 0 Å². The Bertz CT molecular complexity index is 1250. The molecule has 4 N–H and O–H groups in total. The third-order valence-corrected chi connectivity index (χ3v) is 7.01. The number of ether oxygens (including phenoxy) is 1. The summed E-state index contributed by atoms with van der Waals surface area (Å²) in [6, 6.07) is 20.1. The Kier molecular flexibility index (Phi) is 6.61. The van der Waals surface area contributed by atoms with E-state index in [1.807, 2.05) is 48.5 Å². The average Bonchev–Trinajstić information content (AvgIpc) is 3.28. The van der Waals surface area contributed by atoms with Crippen molar-refractivity contribution >= 4 is 29.1 Å². The zero-order valence-electron chi connectivity index (χ0n) is 20.3.